The van der Waals surface area contributed by atoms with Gasteiger partial charge in [0.05, 0.1) is 10.6 Å². The molecule has 2 N–H and O–H groups in total. The Balaban J connectivity index is 1.90. The second-order valence-corrected chi connectivity index (χ2v) is 7.45. The van der Waals surface area contributed by atoms with Crippen LogP contribution in [0.3, 0.4) is 0 Å². The minimum atomic E-state index is -3.69. The van der Waals surface area contributed by atoms with Gasteiger partial charge in [-0.15, -0.1) is 0 Å². The normalized spacial score (nSPS) is 12.5. The van der Waals surface area contributed by atoms with Crippen molar-refractivity contribution in [2.24, 2.45) is 5.10 Å². The number of aromatic nitrogens is 1. The van der Waals surface area contributed by atoms with Crippen LogP contribution in [0.1, 0.15) is 23.6 Å². The molecule has 5 nitrogen and oxygen atoms in total. The van der Waals surface area contributed by atoms with Crippen molar-refractivity contribution < 1.29 is 8.42 Å². The number of rotatable bonds is 4. The van der Waals surface area contributed by atoms with Gasteiger partial charge >= 0.3 is 0 Å². The first-order chi connectivity index (χ1) is 11.4. The number of fused-ring (bicyclic) bond motifs is 1. The molecule has 0 saturated heterocycles. The Morgan fingerprint density at radius 1 is 1.08 bits per heavy atom. The maximum Gasteiger partial charge on any atom is 0.276 e. The van der Waals surface area contributed by atoms with E-state index in [0.717, 1.165) is 27.6 Å². The molecule has 0 bridgehead atoms. The van der Waals surface area contributed by atoms with Crippen molar-refractivity contribution in [3.8, 4) is 0 Å². The molecule has 0 fully saturated rings. The minimum absolute atomic E-state index is 0.209. The number of nitrogens with zero attached hydrogens (tertiary/aromatic N) is 1. The van der Waals surface area contributed by atoms with Gasteiger partial charge in [0.1, 0.15) is 0 Å². The molecule has 124 valence electrons. The lowest BCUT2D eigenvalue weighted by Crippen LogP contribution is -2.20. The van der Waals surface area contributed by atoms with E-state index in [1.165, 1.54) is 0 Å². The molecule has 3 aromatic rings. The first-order valence-electron chi connectivity index (χ1n) is 7.58. The predicted octanol–water partition coefficient (Wildman–Crippen LogP) is 3.49. The zero-order chi connectivity index (χ0) is 17.3. The van der Waals surface area contributed by atoms with Crippen molar-refractivity contribution in [1.82, 2.24) is 9.82 Å². The molecule has 0 radical (unpaired) electrons. The highest BCUT2D eigenvalue weighted by Gasteiger charge is 2.14. The van der Waals surface area contributed by atoms with Crippen molar-refractivity contribution in [3.63, 3.8) is 0 Å². The maximum absolute atomic E-state index is 12.4. The van der Waals surface area contributed by atoms with Gasteiger partial charge in [-0.2, -0.15) is 18.4 Å². The fourth-order valence-corrected chi connectivity index (χ4v) is 3.44. The van der Waals surface area contributed by atoms with E-state index < -0.39 is 10.0 Å². The van der Waals surface area contributed by atoms with E-state index >= 15 is 0 Å². The Morgan fingerprint density at radius 2 is 1.83 bits per heavy atom. The molecule has 0 aliphatic carbocycles. The van der Waals surface area contributed by atoms with Gasteiger partial charge in [0.2, 0.25) is 0 Å². The van der Waals surface area contributed by atoms with Crippen LogP contribution in [0.25, 0.3) is 10.9 Å². The summed E-state index contributed by atoms with van der Waals surface area (Å²) in [7, 11) is -3.69. The van der Waals surface area contributed by atoms with Crippen LogP contribution in [0.4, 0.5) is 0 Å². The van der Waals surface area contributed by atoms with Gasteiger partial charge in [0.25, 0.3) is 10.0 Å². The summed E-state index contributed by atoms with van der Waals surface area (Å²) in [6, 6.07) is 12.8. The molecule has 0 amide bonds. The van der Waals surface area contributed by atoms with Crippen molar-refractivity contribution in [3.05, 3.63) is 65.4 Å². The predicted molar refractivity (Wildman–Crippen MR) is 96.7 cm³/mol. The number of hydrogen-bond donors (Lipinski definition) is 2. The number of H-pyrrole nitrogens is 1. The quantitative estimate of drug-likeness (QED) is 0.563. The second-order valence-electron chi connectivity index (χ2n) is 5.79. The minimum Gasteiger partial charge on any atom is -0.360 e. The van der Waals surface area contributed by atoms with Gasteiger partial charge in [-0.1, -0.05) is 24.3 Å². The van der Waals surface area contributed by atoms with E-state index in [9.17, 15) is 8.42 Å². The summed E-state index contributed by atoms with van der Waals surface area (Å²) in [6.07, 6.45) is 1.83. The lowest BCUT2D eigenvalue weighted by Gasteiger charge is -2.07. The Bertz CT molecular complexity index is 1030. The molecular formula is C18H19N3O2S. The number of aromatic amines is 1. The van der Waals surface area contributed by atoms with Crippen LogP contribution >= 0.6 is 0 Å². The van der Waals surface area contributed by atoms with Crippen molar-refractivity contribution in [2.45, 2.75) is 25.7 Å². The third-order valence-electron chi connectivity index (χ3n) is 4.10. The van der Waals surface area contributed by atoms with Gasteiger partial charge in [-0.3, -0.25) is 0 Å². The average Bonchev–Trinajstić information content (AvgIpc) is 2.99. The molecule has 0 aliphatic heterocycles. The molecule has 6 heteroatoms. The number of benzene rings is 2. The van der Waals surface area contributed by atoms with Crippen molar-refractivity contribution in [2.75, 3.05) is 0 Å². The third-order valence-corrected chi connectivity index (χ3v) is 5.31. The van der Waals surface area contributed by atoms with Crippen LogP contribution in [0.2, 0.25) is 0 Å². The van der Waals surface area contributed by atoms with E-state index in [4.69, 9.17) is 0 Å². The fraction of sp³-hybridized carbons (Fsp3) is 0.167. The summed E-state index contributed by atoms with van der Waals surface area (Å²) in [5.74, 6) is 0. The monoisotopic (exact) mass is 341 g/mol. The van der Waals surface area contributed by atoms with Crippen LogP contribution < -0.4 is 4.83 Å². The molecule has 0 unspecified atom stereocenters. The van der Waals surface area contributed by atoms with Gasteiger partial charge in [0, 0.05) is 22.7 Å². The molecule has 0 spiro atoms. The number of para-hydroxylation sites is 1. The molecular weight excluding hydrogens is 322 g/mol. The zero-order valence-corrected chi connectivity index (χ0v) is 14.6. The number of nitrogens with one attached hydrogen (secondary N) is 2. The first-order valence-corrected chi connectivity index (χ1v) is 9.06. The Labute approximate surface area is 141 Å². The average molecular weight is 341 g/mol. The highest BCUT2D eigenvalue weighted by Crippen LogP contribution is 2.19. The Morgan fingerprint density at radius 3 is 2.58 bits per heavy atom. The van der Waals surface area contributed by atoms with Gasteiger partial charge < -0.3 is 4.98 Å². The molecule has 0 saturated carbocycles. The molecule has 1 aromatic heterocycles. The Kier molecular flexibility index (Phi) is 4.15. The lowest BCUT2D eigenvalue weighted by molar-refractivity contribution is 0.584. The Hall–Kier alpha value is -2.60. The topological polar surface area (TPSA) is 74.3 Å². The number of hydrogen-bond acceptors (Lipinski definition) is 3. The number of sulfonamides is 1. The van der Waals surface area contributed by atoms with Gasteiger partial charge in [-0.05, 0) is 50.1 Å². The highest BCUT2D eigenvalue weighted by atomic mass is 32.2. The molecule has 0 atom stereocenters. The van der Waals surface area contributed by atoms with Gasteiger partial charge in [-0.25, -0.2) is 0 Å². The van der Waals surface area contributed by atoms with E-state index in [-0.39, 0.29) is 4.90 Å². The second kappa shape index (κ2) is 6.13. The van der Waals surface area contributed by atoms with Crippen LogP contribution in [0.5, 0.6) is 0 Å². The number of hydrazone groups is 1. The number of aryl methyl sites for hydroxylation is 2. The highest BCUT2D eigenvalue weighted by molar-refractivity contribution is 7.89. The summed E-state index contributed by atoms with van der Waals surface area (Å²) < 4.78 is 24.8. The van der Waals surface area contributed by atoms with E-state index in [2.05, 4.69) is 14.9 Å². The van der Waals surface area contributed by atoms with Crippen molar-refractivity contribution in [1.29, 1.82) is 0 Å². The summed E-state index contributed by atoms with van der Waals surface area (Å²) in [6.45, 7) is 5.60. The largest absolute Gasteiger partial charge is 0.360 e. The zero-order valence-electron chi connectivity index (χ0n) is 13.8. The van der Waals surface area contributed by atoms with Gasteiger partial charge in [0.15, 0.2) is 0 Å². The van der Waals surface area contributed by atoms with E-state index in [1.54, 1.807) is 25.1 Å². The van der Waals surface area contributed by atoms with Crippen LogP contribution in [-0.4, -0.2) is 19.1 Å². The third kappa shape index (κ3) is 3.05. The van der Waals surface area contributed by atoms with E-state index in [0.29, 0.717) is 5.71 Å². The van der Waals surface area contributed by atoms with Crippen LogP contribution in [0.15, 0.2) is 58.7 Å². The smallest absolute Gasteiger partial charge is 0.276 e. The molecule has 1 heterocycles. The summed E-state index contributed by atoms with van der Waals surface area (Å²) in [4.78, 5) is 5.68. The molecule has 24 heavy (non-hydrogen) atoms. The standard InChI is InChI=1S/C18H19N3O2S/c1-12-8-9-15(10-13(12)2)24(22,23)21-20-14(3)17-11-19-18-7-5-4-6-16(17)18/h4-11,19,21H,1-3H3/b20-14-. The lowest BCUT2D eigenvalue weighted by atomic mass is 10.1. The first kappa shape index (κ1) is 16.3. The molecule has 0 aliphatic rings. The van der Waals surface area contributed by atoms with Crippen LogP contribution in [0, 0.1) is 13.8 Å². The van der Waals surface area contributed by atoms with E-state index in [1.807, 2.05) is 44.3 Å². The maximum atomic E-state index is 12.4. The van der Waals surface area contributed by atoms with Crippen LogP contribution in [-0.2, 0) is 10.0 Å². The molecule has 2 aromatic carbocycles. The fourth-order valence-electron chi connectivity index (χ4n) is 2.49. The van der Waals surface area contributed by atoms with Crippen molar-refractivity contribution >= 4 is 26.6 Å². The summed E-state index contributed by atoms with van der Waals surface area (Å²) >= 11 is 0. The summed E-state index contributed by atoms with van der Waals surface area (Å²) in [5.41, 5.74) is 4.43. The summed E-state index contributed by atoms with van der Waals surface area (Å²) in [5, 5.41) is 5.08. The molecule has 3 rings (SSSR count). The SMILES string of the molecule is C/C(=N/NS(=O)(=O)c1ccc(C)c(C)c1)c1c[nH]c2ccccc12.